The summed E-state index contributed by atoms with van der Waals surface area (Å²) in [6.45, 7) is 1.87. The monoisotopic (exact) mass is 222 g/mol. The summed E-state index contributed by atoms with van der Waals surface area (Å²) in [7, 11) is 1.97. The molecule has 0 saturated heterocycles. The van der Waals surface area contributed by atoms with Crippen molar-refractivity contribution in [1.82, 2.24) is 0 Å². The number of nitrogens with two attached hydrogens (primary N) is 1. The van der Waals surface area contributed by atoms with Crippen molar-refractivity contribution in [2.24, 2.45) is 5.73 Å². The summed E-state index contributed by atoms with van der Waals surface area (Å²) >= 11 is 0. The van der Waals surface area contributed by atoms with Crippen LogP contribution in [0.15, 0.2) is 18.2 Å². The average Bonchev–Trinajstić information content (AvgIpc) is 2.14. The Balaban J connectivity index is 2.21. The van der Waals surface area contributed by atoms with Crippen LogP contribution >= 0.6 is 0 Å². The largest absolute Gasteiger partial charge is 0.369 e. The normalized spacial score (nSPS) is 18.0. The van der Waals surface area contributed by atoms with Gasteiger partial charge in [-0.25, -0.2) is 4.39 Å². The fourth-order valence-electron chi connectivity index (χ4n) is 2.06. The fourth-order valence-corrected chi connectivity index (χ4v) is 2.06. The number of halogens is 1. The summed E-state index contributed by atoms with van der Waals surface area (Å²) in [6, 6.07) is 5.70. The second kappa shape index (κ2) is 4.42. The number of benzene rings is 1. The third-order valence-electron chi connectivity index (χ3n) is 3.50. The quantitative estimate of drug-likeness (QED) is 0.852. The first kappa shape index (κ1) is 11.4. The van der Waals surface area contributed by atoms with E-state index in [9.17, 15) is 4.39 Å². The third kappa shape index (κ3) is 2.05. The molecule has 2 nitrogen and oxygen atoms in total. The van der Waals surface area contributed by atoms with Gasteiger partial charge in [-0.3, -0.25) is 0 Å². The minimum atomic E-state index is -0.163. The van der Waals surface area contributed by atoms with Crippen LogP contribution in [-0.4, -0.2) is 13.1 Å². The molecule has 1 aliphatic carbocycles. The van der Waals surface area contributed by atoms with E-state index in [0.29, 0.717) is 11.7 Å². The molecule has 0 aromatic heterocycles. The minimum Gasteiger partial charge on any atom is -0.369 e. The van der Waals surface area contributed by atoms with Gasteiger partial charge in [0.2, 0.25) is 0 Å². The molecule has 1 unspecified atom stereocenters. The van der Waals surface area contributed by atoms with E-state index in [1.54, 1.807) is 6.07 Å². The summed E-state index contributed by atoms with van der Waals surface area (Å²) in [4.78, 5) is 2.05. The molecule has 1 saturated carbocycles. The zero-order valence-electron chi connectivity index (χ0n) is 9.91. The second-order valence-corrected chi connectivity index (χ2v) is 4.70. The van der Waals surface area contributed by atoms with Gasteiger partial charge < -0.3 is 10.6 Å². The van der Waals surface area contributed by atoms with E-state index >= 15 is 0 Å². The van der Waals surface area contributed by atoms with Crippen LogP contribution < -0.4 is 10.6 Å². The predicted octanol–water partition coefficient (Wildman–Crippen LogP) is 2.83. The summed E-state index contributed by atoms with van der Waals surface area (Å²) in [5.41, 5.74) is 7.26. The van der Waals surface area contributed by atoms with Crippen molar-refractivity contribution in [3.63, 3.8) is 0 Å². The van der Waals surface area contributed by atoms with Gasteiger partial charge in [-0.15, -0.1) is 0 Å². The Morgan fingerprint density at radius 3 is 2.56 bits per heavy atom. The lowest BCUT2D eigenvalue weighted by Crippen LogP contribution is -2.37. The second-order valence-electron chi connectivity index (χ2n) is 4.70. The molecule has 16 heavy (non-hydrogen) atoms. The Morgan fingerprint density at radius 1 is 1.44 bits per heavy atom. The highest BCUT2D eigenvalue weighted by Gasteiger charge is 2.24. The van der Waals surface area contributed by atoms with Crippen molar-refractivity contribution in [3.05, 3.63) is 29.6 Å². The third-order valence-corrected chi connectivity index (χ3v) is 3.50. The van der Waals surface area contributed by atoms with E-state index in [2.05, 4.69) is 0 Å². The standard InChI is InChI=1S/C13H19FN2/c1-9(15)10-6-7-13(12(14)8-10)16(2)11-4-3-5-11/h6-9,11H,3-5,15H2,1-2H3. The number of anilines is 1. The molecule has 0 amide bonds. The van der Waals surface area contributed by atoms with Gasteiger partial charge in [0.05, 0.1) is 5.69 Å². The Morgan fingerprint density at radius 2 is 2.12 bits per heavy atom. The molecular weight excluding hydrogens is 203 g/mol. The van der Waals surface area contributed by atoms with Gasteiger partial charge >= 0.3 is 0 Å². The van der Waals surface area contributed by atoms with Crippen LogP contribution in [0.4, 0.5) is 10.1 Å². The molecule has 88 valence electrons. The number of hydrogen-bond acceptors (Lipinski definition) is 2. The van der Waals surface area contributed by atoms with E-state index in [1.807, 2.05) is 31.0 Å². The lowest BCUT2D eigenvalue weighted by Gasteiger charge is -2.36. The predicted molar refractivity (Wildman–Crippen MR) is 65.0 cm³/mol. The van der Waals surface area contributed by atoms with Gasteiger partial charge in [-0.05, 0) is 43.9 Å². The Hall–Kier alpha value is -1.09. The maximum atomic E-state index is 13.9. The molecule has 2 rings (SSSR count). The Bertz CT molecular complexity index is 372. The van der Waals surface area contributed by atoms with Crippen molar-refractivity contribution >= 4 is 5.69 Å². The zero-order chi connectivity index (χ0) is 11.7. The van der Waals surface area contributed by atoms with Crippen LogP contribution in [0.2, 0.25) is 0 Å². The molecule has 1 aromatic carbocycles. The van der Waals surface area contributed by atoms with Crippen molar-refractivity contribution in [2.75, 3.05) is 11.9 Å². The zero-order valence-corrected chi connectivity index (χ0v) is 9.91. The SMILES string of the molecule is CC(N)c1ccc(N(C)C2CCC2)c(F)c1. The highest BCUT2D eigenvalue weighted by molar-refractivity contribution is 5.50. The van der Waals surface area contributed by atoms with Crippen molar-refractivity contribution in [3.8, 4) is 0 Å². The molecule has 1 fully saturated rings. The van der Waals surface area contributed by atoms with E-state index in [1.165, 1.54) is 19.3 Å². The summed E-state index contributed by atoms with van der Waals surface area (Å²) in [5, 5.41) is 0. The highest BCUT2D eigenvalue weighted by Crippen LogP contribution is 2.30. The average molecular weight is 222 g/mol. The molecule has 1 aromatic rings. The van der Waals surface area contributed by atoms with Gasteiger partial charge in [0.1, 0.15) is 5.82 Å². The van der Waals surface area contributed by atoms with Gasteiger partial charge in [0, 0.05) is 19.1 Å². The molecule has 1 atom stereocenters. The lowest BCUT2D eigenvalue weighted by molar-refractivity contribution is 0.398. The van der Waals surface area contributed by atoms with Crippen LogP contribution in [0.1, 0.15) is 37.8 Å². The smallest absolute Gasteiger partial charge is 0.146 e. The van der Waals surface area contributed by atoms with Crippen LogP contribution in [-0.2, 0) is 0 Å². The van der Waals surface area contributed by atoms with Gasteiger partial charge in [0.25, 0.3) is 0 Å². The molecular formula is C13H19FN2. The van der Waals surface area contributed by atoms with E-state index < -0.39 is 0 Å². The summed E-state index contributed by atoms with van der Waals surface area (Å²) in [5.74, 6) is -0.163. The van der Waals surface area contributed by atoms with Crippen LogP contribution in [0, 0.1) is 5.82 Å². The fraction of sp³-hybridized carbons (Fsp3) is 0.538. The molecule has 0 spiro atoms. The van der Waals surface area contributed by atoms with E-state index in [4.69, 9.17) is 5.73 Å². The van der Waals surface area contributed by atoms with Crippen LogP contribution in [0.5, 0.6) is 0 Å². The first-order chi connectivity index (χ1) is 7.59. The molecule has 3 heteroatoms. The highest BCUT2D eigenvalue weighted by atomic mass is 19.1. The summed E-state index contributed by atoms with van der Waals surface area (Å²) < 4.78 is 13.9. The maximum absolute atomic E-state index is 13.9. The number of rotatable bonds is 3. The van der Waals surface area contributed by atoms with Gasteiger partial charge in [0.15, 0.2) is 0 Å². The molecule has 2 N–H and O–H groups in total. The lowest BCUT2D eigenvalue weighted by atomic mass is 9.91. The van der Waals surface area contributed by atoms with Crippen LogP contribution in [0.25, 0.3) is 0 Å². The molecule has 0 heterocycles. The Kier molecular flexibility index (Phi) is 3.15. The van der Waals surface area contributed by atoms with Crippen molar-refractivity contribution in [1.29, 1.82) is 0 Å². The maximum Gasteiger partial charge on any atom is 0.146 e. The van der Waals surface area contributed by atoms with Gasteiger partial charge in [-0.1, -0.05) is 6.07 Å². The topological polar surface area (TPSA) is 29.3 Å². The minimum absolute atomic E-state index is 0.113. The number of hydrogen-bond donors (Lipinski definition) is 1. The van der Waals surface area contributed by atoms with Crippen molar-refractivity contribution < 1.29 is 4.39 Å². The van der Waals surface area contributed by atoms with Crippen molar-refractivity contribution in [2.45, 2.75) is 38.3 Å². The van der Waals surface area contributed by atoms with Gasteiger partial charge in [-0.2, -0.15) is 0 Å². The van der Waals surface area contributed by atoms with Crippen LogP contribution in [0.3, 0.4) is 0 Å². The Labute approximate surface area is 96.2 Å². The van der Waals surface area contributed by atoms with E-state index in [0.717, 1.165) is 5.56 Å². The summed E-state index contributed by atoms with van der Waals surface area (Å²) in [6.07, 6.45) is 3.60. The number of nitrogens with zero attached hydrogens (tertiary/aromatic N) is 1. The molecule has 0 radical (unpaired) electrons. The molecule has 0 aliphatic heterocycles. The first-order valence-electron chi connectivity index (χ1n) is 5.87. The molecule has 0 bridgehead atoms. The van der Waals surface area contributed by atoms with E-state index in [-0.39, 0.29) is 11.9 Å². The molecule has 1 aliphatic rings. The first-order valence-corrected chi connectivity index (χ1v) is 5.87.